The van der Waals surface area contributed by atoms with Crippen LogP contribution in [0.2, 0.25) is 0 Å². The Morgan fingerprint density at radius 3 is 2.09 bits per heavy atom. The van der Waals surface area contributed by atoms with Gasteiger partial charge in [-0.15, -0.1) is 0 Å². The molecule has 1 aliphatic rings. The number of carboxylic acid groups (broad SMARTS) is 1. The van der Waals surface area contributed by atoms with Gasteiger partial charge in [0, 0.05) is 17.2 Å². The zero-order chi connectivity index (χ0) is 32.0. The zero-order valence-corrected chi connectivity index (χ0v) is 24.9. The molecule has 4 rings (SSSR count). The van der Waals surface area contributed by atoms with Crippen LogP contribution in [0.1, 0.15) is 49.5 Å². The van der Waals surface area contributed by atoms with Crippen LogP contribution >= 0.6 is 11.8 Å². The molecule has 3 aromatic rings. The highest BCUT2D eigenvalue weighted by molar-refractivity contribution is 8.13. The third-order valence-corrected chi connectivity index (χ3v) is 7.39. The second-order valence-corrected chi connectivity index (χ2v) is 11.7. The Kier molecular flexibility index (Phi) is 10.1. The van der Waals surface area contributed by atoms with Gasteiger partial charge in [-0.25, -0.2) is 19.2 Å². The number of thioether (sulfide) groups is 1. The van der Waals surface area contributed by atoms with E-state index in [0.717, 1.165) is 22.3 Å². The third-order valence-electron chi connectivity index (χ3n) is 6.56. The summed E-state index contributed by atoms with van der Waals surface area (Å²) in [7, 11) is 0. The van der Waals surface area contributed by atoms with E-state index in [9.17, 15) is 34.7 Å². The first-order valence-corrected chi connectivity index (χ1v) is 14.5. The smallest absolute Gasteiger partial charge is 0.407 e. The summed E-state index contributed by atoms with van der Waals surface area (Å²) in [4.78, 5) is 50.2. The van der Waals surface area contributed by atoms with E-state index >= 15 is 0 Å². The summed E-state index contributed by atoms with van der Waals surface area (Å²) >= 11 is 0.378. The fraction of sp³-hybridized carbons (Fsp3) is 0.290. The van der Waals surface area contributed by atoms with Gasteiger partial charge in [0.25, 0.3) is 0 Å². The van der Waals surface area contributed by atoms with Gasteiger partial charge in [-0.3, -0.25) is 5.21 Å². The standard InChI is InChI=1S/C31H31N2O10S/c1-31(2,3)43-28(36)26(22-14-8-9-15-25(22)33(39)40)42-30(38)44-17-24(27(34)35)32-29(37)41-16-23-20-12-6-4-10-18(20)19-11-5-7-13-21(19)23/h4-15,23-24,26,39H,16-17H2,1-3H3,(H,32,37)(H,34,35)/q-1/t24-,26?/m0/s1. The minimum atomic E-state index is -1.76. The lowest BCUT2D eigenvalue weighted by Crippen LogP contribution is -2.43. The number of aliphatic carboxylic acids is 1. The number of esters is 1. The largest absolute Gasteiger partial charge is 0.733 e. The highest BCUT2D eigenvalue weighted by Crippen LogP contribution is 2.44. The summed E-state index contributed by atoms with van der Waals surface area (Å²) < 4.78 is 16.0. The highest BCUT2D eigenvalue weighted by atomic mass is 32.2. The van der Waals surface area contributed by atoms with Gasteiger partial charge < -0.3 is 35.1 Å². The van der Waals surface area contributed by atoms with Gasteiger partial charge in [-0.1, -0.05) is 66.7 Å². The molecule has 3 N–H and O–H groups in total. The number of alkyl carbamates (subject to hydrolysis) is 1. The van der Waals surface area contributed by atoms with Crippen LogP contribution in [-0.2, 0) is 23.8 Å². The minimum absolute atomic E-state index is 0.0417. The number of nitrogens with zero attached hydrogens (tertiary/aromatic N) is 1. The summed E-state index contributed by atoms with van der Waals surface area (Å²) in [5.41, 5.74) is 2.53. The number of amides is 1. The van der Waals surface area contributed by atoms with E-state index in [1.807, 2.05) is 48.5 Å². The summed E-state index contributed by atoms with van der Waals surface area (Å²) in [6, 6.07) is 19.3. The molecule has 2 atom stereocenters. The van der Waals surface area contributed by atoms with Crippen molar-refractivity contribution in [2.75, 3.05) is 17.6 Å². The van der Waals surface area contributed by atoms with E-state index < -0.39 is 52.1 Å². The fourth-order valence-electron chi connectivity index (χ4n) is 4.72. The second-order valence-electron chi connectivity index (χ2n) is 10.8. The third kappa shape index (κ3) is 7.86. The predicted molar refractivity (Wildman–Crippen MR) is 161 cm³/mol. The molecule has 1 unspecified atom stereocenters. The first-order chi connectivity index (χ1) is 20.9. The molecule has 0 aromatic heterocycles. The molecule has 0 heterocycles. The molecule has 13 heteroatoms. The van der Waals surface area contributed by atoms with E-state index in [0.29, 0.717) is 11.8 Å². The maximum atomic E-state index is 12.9. The van der Waals surface area contributed by atoms with Crippen molar-refractivity contribution >= 4 is 40.8 Å². The number of hydrogen-bond donors (Lipinski definition) is 3. The summed E-state index contributed by atoms with van der Waals surface area (Å²) in [5.74, 6) is -3.17. The van der Waals surface area contributed by atoms with Gasteiger partial charge in [-0.2, -0.15) is 0 Å². The number of hydrogen-bond acceptors (Lipinski definition) is 11. The molecule has 3 aromatic carbocycles. The Labute approximate surface area is 257 Å². The topological polar surface area (TPSA) is 175 Å². The average Bonchev–Trinajstić information content (AvgIpc) is 3.29. The van der Waals surface area contributed by atoms with Crippen molar-refractivity contribution in [1.29, 1.82) is 0 Å². The Bertz CT molecular complexity index is 1490. The molecule has 0 saturated carbocycles. The van der Waals surface area contributed by atoms with Crippen molar-refractivity contribution < 1.29 is 43.7 Å². The second kappa shape index (κ2) is 13.8. The van der Waals surface area contributed by atoms with Crippen LogP contribution in [0.15, 0.2) is 72.8 Å². The molecule has 44 heavy (non-hydrogen) atoms. The van der Waals surface area contributed by atoms with Crippen LogP contribution in [-0.4, -0.2) is 57.6 Å². The van der Waals surface area contributed by atoms with Crippen LogP contribution in [0, 0.1) is 5.21 Å². The monoisotopic (exact) mass is 623 g/mol. The number of carboxylic acids is 1. The minimum Gasteiger partial charge on any atom is -0.733 e. The molecule has 0 spiro atoms. The van der Waals surface area contributed by atoms with E-state index in [2.05, 4.69) is 5.32 Å². The van der Waals surface area contributed by atoms with E-state index in [1.165, 1.54) is 24.3 Å². The zero-order valence-electron chi connectivity index (χ0n) is 24.1. The SMILES string of the molecule is CC(C)(C)OC(=O)C(OC(=O)SC[C@H](NC(=O)OCC1c2ccccc2-c2ccccc21)C(=O)O)c1ccccc1N([O-])O. The number of para-hydroxylation sites is 1. The molecular formula is C31H31N2O10S-. The van der Waals surface area contributed by atoms with E-state index in [4.69, 9.17) is 14.2 Å². The van der Waals surface area contributed by atoms with Crippen molar-refractivity contribution in [3.63, 3.8) is 0 Å². The quantitative estimate of drug-likeness (QED) is 0.145. The molecular weight excluding hydrogens is 592 g/mol. The number of rotatable bonds is 10. The highest BCUT2D eigenvalue weighted by Gasteiger charge is 2.34. The van der Waals surface area contributed by atoms with Crippen LogP contribution in [0.3, 0.4) is 0 Å². The van der Waals surface area contributed by atoms with Crippen LogP contribution < -0.4 is 10.5 Å². The lowest BCUT2D eigenvalue weighted by atomic mass is 9.98. The van der Waals surface area contributed by atoms with Crippen molar-refractivity contribution in [2.45, 2.75) is 44.4 Å². The summed E-state index contributed by atoms with van der Waals surface area (Å²) in [6.45, 7) is 4.72. The number of nitrogens with one attached hydrogen (secondary N) is 1. The van der Waals surface area contributed by atoms with Gasteiger partial charge >= 0.3 is 23.3 Å². The lowest BCUT2D eigenvalue weighted by Gasteiger charge is -2.29. The Morgan fingerprint density at radius 2 is 1.52 bits per heavy atom. The van der Waals surface area contributed by atoms with Crippen molar-refractivity contribution in [1.82, 2.24) is 5.32 Å². The molecule has 0 fully saturated rings. The summed E-state index contributed by atoms with van der Waals surface area (Å²) in [5, 5.41) is 31.5. The number of fused-ring (bicyclic) bond motifs is 3. The van der Waals surface area contributed by atoms with Gasteiger partial charge in [0.1, 0.15) is 18.2 Å². The summed E-state index contributed by atoms with van der Waals surface area (Å²) in [6.07, 6.45) is -2.75. The van der Waals surface area contributed by atoms with Gasteiger partial charge in [-0.05, 0) is 60.9 Å². The Balaban J connectivity index is 1.39. The molecule has 232 valence electrons. The first-order valence-electron chi connectivity index (χ1n) is 13.5. The van der Waals surface area contributed by atoms with E-state index in [-0.39, 0.29) is 23.8 Å². The maximum Gasteiger partial charge on any atom is 0.407 e. The molecule has 0 aliphatic heterocycles. The molecule has 12 nitrogen and oxygen atoms in total. The average molecular weight is 624 g/mol. The fourth-order valence-corrected chi connectivity index (χ4v) is 5.41. The number of anilines is 1. The maximum absolute atomic E-state index is 12.9. The normalized spacial score (nSPS) is 13.6. The van der Waals surface area contributed by atoms with Crippen LogP contribution in [0.25, 0.3) is 11.1 Å². The van der Waals surface area contributed by atoms with Crippen LogP contribution in [0.5, 0.6) is 0 Å². The van der Waals surface area contributed by atoms with Crippen molar-refractivity contribution in [3.05, 3.63) is 94.7 Å². The van der Waals surface area contributed by atoms with Gasteiger partial charge in [0.2, 0.25) is 6.10 Å². The molecule has 1 aliphatic carbocycles. The number of ether oxygens (including phenoxy) is 3. The van der Waals surface area contributed by atoms with Crippen molar-refractivity contribution in [2.24, 2.45) is 0 Å². The molecule has 0 bridgehead atoms. The predicted octanol–water partition coefficient (Wildman–Crippen LogP) is 5.62. The lowest BCUT2D eigenvalue weighted by molar-refractivity contribution is -0.165. The van der Waals surface area contributed by atoms with E-state index in [1.54, 1.807) is 20.8 Å². The number of carbonyl (C=O) groups excluding carboxylic acids is 3. The first kappa shape index (κ1) is 32.3. The number of carbonyl (C=O) groups is 4. The van der Waals surface area contributed by atoms with Gasteiger partial charge in [0.05, 0.1) is 5.69 Å². The molecule has 0 saturated heterocycles. The molecule has 0 radical (unpaired) electrons. The van der Waals surface area contributed by atoms with Crippen molar-refractivity contribution in [3.8, 4) is 11.1 Å². The Hall–Kier alpha value is -4.59. The Morgan fingerprint density at radius 1 is 0.955 bits per heavy atom. The molecule has 1 amide bonds. The van der Waals surface area contributed by atoms with Gasteiger partial charge in [0.15, 0.2) is 0 Å². The van der Waals surface area contributed by atoms with Crippen LogP contribution in [0.4, 0.5) is 15.3 Å². The number of benzene rings is 3.